The van der Waals surface area contributed by atoms with Crippen molar-refractivity contribution in [3.8, 4) is 0 Å². The molecule has 0 saturated carbocycles. The average Bonchev–Trinajstić information content (AvgIpc) is 2.99. The molecule has 0 aliphatic carbocycles. The van der Waals surface area contributed by atoms with Gasteiger partial charge in [-0.2, -0.15) is 58.9 Å². The second-order valence-electron chi connectivity index (χ2n) is 10.6. The number of carbonyl (C=O) groups excluding carboxylic acids is 1. The minimum absolute atomic E-state index is 0.380. The summed E-state index contributed by atoms with van der Waals surface area (Å²) in [5, 5.41) is 1.55. The Morgan fingerprint density at radius 1 is 0.655 bits per heavy atom. The maximum atomic E-state index is 13.5. The minimum Gasteiger partial charge on any atom is -0.351 e. The maximum Gasteiger partial charge on any atom is 0.398 e. The number of hydrogen-bond acceptors (Lipinski definition) is 24. The summed E-state index contributed by atoms with van der Waals surface area (Å²) >= 11 is 0. The highest BCUT2D eigenvalue weighted by Gasteiger charge is 2.51. The van der Waals surface area contributed by atoms with E-state index in [0.29, 0.717) is 5.56 Å². The molecular weight excluding hydrogens is 963 g/mol. The minimum atomic E-state index is -6.33. The fraction of sp³-hybridized carbons (Fsp3) is 0.632. The highest BCUT2D eigenvalue weighted by molar-refractivity contribution is 7.82. The van der Waals surface area contributed by atoms with E-state index in [-0.39, 0.29) is 6.61 Å². The van der Waals surface area contributed by atoms with Crippen molar-refractivity contribution in [2.75, 3.05) is 13.2 Å². The van der Waals surface area contributed by atoms with Gasteiger partial charge in [-0.15, -0.1) is 0 Å². The van der Waals surface area contributed by atoms with Gasteiger partial charge in [0.05, 0.1) is 13.2 Å². The first-order valence-corrected chi connectivity index (χ1v) is 23.7. The van der Waals surface area contributed by atoms with E-state index in [1.165, 1.54) is 24.3 Å². The molecule has 39 heteroatoms. The van der Waals surface area contributed by atoms with E-state index in [1.54, 1.807) is 11.4 Å². The van der Waals surface area contributed by atoms with E-state index in [0.717, 1.165) is 0 Å². The Balaban J connectivity index is 2.74. The Hall–Kier alpha value is -2.30. The van der Waals surface area contributed by atoms with Crippen molar-refractivity contribution < 1.29 is 134 Å². The van der Waals surface area contributed by atoms with E-state index >= 15 is 0 Å². The Bertz CT molecular complexity index is 2350. The normalized spacial score (nSPS) is 22.4. The first-order chi connectivity index (χ1) is 26.0. The summed E-state index contributed by atoms with van der Waals surface area (Å²) < 4.78 is 267. The second-order valence-corrected chi connectivity index (χ2v) is 18.0. The number of rotatable bonds is 24. The molecule has 1 fully saturated rings. The van der Waals surface area contributed by atoms with Gasteiger partial charge in [0.15, 0.2) is 12.4 Å². The van der Waals surface area contributed by atoms with Gasteiger partial charge in [-0.1, -0.05) is 30.3 Å². The molecule has 1 aromatic carbocycles. The molecule has 0 spiro atoms. The second kappa shape index (κ2) is 20.0. The molecule has 8 atom stereocenters. The average molecular weight is 992 g/mol. The molecule has 1 aliphatic rings. The lowest BCUT2D eigenvalue weighted by Crippen LogP contribution is -2.59. The number of ether oxygens (including phenoxy) is 2. The largest absolute Gasteiger partial charge is 0.398 e. The third-order valence-corrected chi connectivity index (χ3v) is 9.54. The van der Waals surface area contributed by atoms with Crippen LogP contribution in [0.15, 0.2) is 30.3 Å². The van der Waals surface area contributed by atoms with Gasteiger partial charge in [-0.3, -0.25) is 36.7 Å². The topological polar surface area (TPSA) is 493 Å². The van der Waals surface area contributed by atoms with Gasteiger partial charge >= 0.3 is 72.8 Å². The fourth-order valence-corrected chi connectivity index (χ4v) is 7.77. The molecule has 0 radical (unpaired) electrons. The van der Waals surface area contributed by atoms with Gasteiger partial charge in [0.1, 0.15) is 36.6 Å². The van der Waals surface area contributed by atoms with E-state index in [4.69, 9.17) is 18.6 Å². The number of nitrogens with one attached hydrogen (secondary N) is 1. The molecule has 8 N–H and O–H groups in total. The molecule has 0 unspecified atom stereocenters. The number of hydrogen-bond donors (Lipinski definition) is 8. The van der Waals surface area contributed by atoms with Crippen LogP contribution in [0.25, 0.3) is 0 Å². The zero-order valence-corrected chi connectivity index (χ0v) is 33.3. The SMILES string of the molecule is O=C(NC[C@H]1O[C@H](OCc2ccccc2)C[C@@H](OS(=O)(=O)O)[C@@H]1OS(=O)(=O)O)[C@@H](OS(=O)(=O)O)[C@@H](OS(=O)(=O)O)[C@H](OS(=O)(=O)O)[C@H](COS(=O)(=O)O)OS(=O)(=O)O. The summed E-state index contributed by atoms with van der Waals surface area (Å²) in [6, 6.07) is 7.65. The van der Waals surface area contributed by atoms with E-state index < -0.39 is 147 Å². The molecule has 1 saturated heterocycles. The van der Waals surface area contributed by atoms with Crippen molar-refractivity contribution in [1.82, 2.24) is 5.32 Å². The quantitative estimate of drug-likeness (QED) is 0.0452. The highest BCUT2D eigenvalue weighted by atomic mass is 32.3. The Morgan fingerprint density at radius 3 is 1.62 bits per heavy atom. The maximum absolute atomic E-state index is 13.5. The Labute approximate surface area is 328 Å². The number of benzene rings is 1. The van der Waals surface area contributed by atoms with Crippen LogP contribution in [0, 0.1) is 0 Å². The summed E-state index contributed by atoms with van der Waals surface area (Å²) in [6.45, 7) is -4.05. The lowest BCUT2D eigenvalue weighted by atomic mass is 10.0. The summed E-state index contributed by atoms with van der Waals surface area (Å²) in [4.78, 5) is 13.5. The monoisotopic (exact) mass is 991 g/mol. The van der Waals surface area contributed by atoms with Gasteiger partial charge in [0, 0.05) is 13.0 Å². The molecule has 58 heavy (non-hydrogen) atoms. The molecule has 1 amide bonds. The molecule has 338 valence electrons. The van der Waals surface area contributed by atoms with Crippen molar-refractivity contribution in [1.29, 1.82) is 0 Å². The predicted octanol–water partition coefficient (Wildman–Crippen LogP) is -4.62. The molecular formula is C19H29NO31S7. The van der Waals surface area contributed by atoms with Crippen LogP contribution < -0.4 is 5.32 Å². The lowest BCUT2D eigenvalue weighted by molar-refractivity contribution is -0.244. The first kappa shape index (κ1) is 51.8. The summed E-state index contributed by atoms with van der Waals surface area (Å²) in [5.74, 6) is -2.34. The third kappa shape index (κ3) is 21.3. The van der Waals surface area contributed by atoms with Gasteiger partial charge in [-0.05, 0) is 5.56 Å². The van der Waals surface area contributed by atoms with Crippen molar-refractivity contribution >= 4 is 78.7 Å². The lowest BCUT2D eigenvalue weighted by Gasteiger charge is -2.39. The molecule has 1 aromatic rings. The van der Waals surface area contributed by atoms with Crippen LogP contribution in [0.3, 0.4) is 0 Å². The van der Waals surface area contributed by atoms with Crippen LogP contribution in [-0.4, -0.2) is 159 Å². The van der Waals surface area contributed by atoms with Crippen LogP contribution in [0.5, 0.6) is 0 Å². The highest BCUT2D eigenvalue weighted by Crippen LogP contribution is 2.29. The smallest absolute Gasteiger partial charge is 0.351 e. The number of amides is 1. The predicted molar refractivity (Wildman–Crippen MR) is 174 cm³/mol. The van der Waals surface area contributed by atoms with Crippen molar-refractivity contribution in [3.05, 3.63) is 35.9 Å². The van der Waals surface area contributed by atoms with E-state index in [9.17, 15) is 86.5 Å². The molecule has 2 rings (SSSR count). The molecule has 0 bridgehead atoms. The third-order valence-electron chi connectivity index (χ3n) is 6.28. The Kier molecular flexibility index (Phi) is 17.9. The van der Waals surface area contributed by atoms with Crippen LogP contribution >= 0.6 is 0 Å². The van der Waals surface area contributed by atoms with Crippen LogP contribution in [0.2, 0.25) is 0 Å². The molecule has 0 aromatic heterocycles. The van der Waals surface area contributed by atoms with E-state index in [1.807, 2.05) is 0 Å². The Morgan fingerprint density at radius 2 is 1.16 bits per heavy atom. The molecule has 1 heterocycles. The summed E-state index contributed by atoms with van der Waals surface area (Å²) in [5.41, 5.74) is 0.412. The van der Waals surface area contributed by atoms with Gasteiger partial charge in [0.2, 0.25) is 0 Å². The van der Waals surface area contributed by atoms with Gasteiger partial charge < -0.3 is 14.8 Å². The molecule has 1 aliphatic heterocycles. The first-order valence-electron chi connectivity index (χ1n) is 14.1. The summed E-state index contributed by atoms with van der Waals surface area (Å²) in [6.07, 6.45) is -24.2. The fourth-order valence-electron chi connectivity index (χ4n) is 4.49. The van der Waals surface area contributed by atoms with Gasteiger partial charge in [-0.25, -0.2) is 29.3 Å². The van der Waals surface area contributed by atoms with E-state index in [2.05, 4.69) is 29.3 Å². The summed E-state index contributed by atoms with van der Waals surface area (Å²) in [7, 11) is -42.0. The number of carbonyl (C=O) groups is 1. The zero-order valence-electron chi connectivity index (χ0n) is 27.6. The standard InChI is InChI=1S/C19H29NO31S7/c21-19(20-7-12-15(48-55(31,32)33)11(46-53(25,26)27)6-14(45-12)43-8-10-4-2-1-3-5-10)18(51-58(40,41)42)17(50-57(37,38)39)16(49-56(34,35)36)13(47-54(28,29)30)9-44-52(22,23)24/h1-5,11-18H,6-9H2,(H,20,21)(H,22,23,24)(H,25,26,27)(H,28,29,30)(H,31,32,33)(H,34,35,36)(H,37,38,39)(H,40,41,42)/t11-,12-,13+,14+,15+,16-,17+,18+/m1/s1. The van der Waals surface area contributed by atoms with Gasteiger partial charge in [0.25, 0.3) is 5.91 Å². The van der Waals surface area contributed by atoms with Crippen molar-refractivity contribution in [2.45, 2.75) is 62.0 Å². The zero-order chi connectivity index (χ0) is 44.7. The molecule has 32 nitrogen and oxygen atoms in total. The van der Waals surface area contributed by atoms with Crippen LogP contribution in [0.4, 0.5) is 0 Å². The van der Waals surface area contributed by atoms with Crippen LogP contribution in [-0.2, 0) is 123 Å². The van der Waals surface area contributed by atoms with Crippen molar-refractivity contribution in [3.63, 3.8) is 0 Å². The van der Waals surface area contributed by atoms with Crippen LogP contribution in [0.1, 0.15) is 12.0 Å². The van der Waals surface area contributed by atoms with Crippen molar-refractivity contribution in [2.24, 2.45) is 0 Å².